The number of imide groups is 1. The zero-order valence-corrected chi connectivity index (χ0v) is 8.17. The first-order chi connectivity index (χ1) is 5.70. The number of hydroxylamine groups is 2. The number of hydrogen-bond donors (Lipinski definition) is 1. The molecule has 1 radical (unpaired) electrons. The lowest BCUT2D eigenvalue weighted by Gasteiger charge is -2.43. The molecule has 0 unspecified atom stereocenters. The monoisotopic (exact) mass is 185 g/mol. The third-order valence-electron chi connectivity index (χ3n) is 2.35. The fraction of sp³-hybridized carbons (Fsp3) is 0.750. The molecule has 0 spiro atoms. The van der Waals surface area contributed by atoms with E-state index in [9.17, 15) is 14.8 Å². The van der Waals surface area contributed by atoms with Crippen LogP contribution in [0.3, 0.4) is 0 Å². The zero-order chi connectivity index (χ0) is 10.4. The van der Waals surface area contributed by atoms with Crippen LogP contribution in [0.25, 0.3) is 0 Å². The molecule has 0 aliphatic carbocycles. The second-order valence-corrected chi connectivity index (χ2v) is 4.20. The number of nitrogens with zero attached hydrogens (tertiary/aromatic N) is 1. The lowest BCUT2D eigenvalue weighted by Crippen LogP contribution is -2.71. The number of nitrogens with one attached hydrogen (secondary N) is 1. The van der Waals surface area contributed by atoms with E-state index >= 15 is 0 Å². The minimum Gasteiger partial charge on any atom is -0.293 e. The lowest BCUT2D eigenvalue weighted by molar-refractivity contribution is -0.266. The van der Waals surface area contributed by atoms with Crippen molar-refractivity contribution in [3.8, 4) is 0 Å². The number of amides is 2. The van der Waals surface area contributed by atoms with Gasteiger partial charge in [0.15, 0.2) is 0 Å². The molecular weight excluding hydrogens is 172 g/mol. The van der Waals surface area contributed by atoms with Crippen molar-refractivity contribution in [3.05, 3.63) is 0 Å². The molecule has 1 aliphatic heterocycles. The summed E-state index contributed by atoms with van der Waals surface area (Å²) in [6.45, 7) is 5.96. The van der Waals surface area contributed by atoms with Crippen LogP contribution in [0.1, 0.15) is 27.7 Å². The molecule has 1 heterocycles. The first-order valence-corrected chi connectivity index (χ1v) is 4.04. The predicted molar refractivity (Wildman–Crippen MR) is 43.8 cm³/mol. The smallest absolute Gasteiger partial charge is 0.249 e. The summed E-state index contributed by atoms with van der Waals surface area (Å²) in [7, 11) is 0. The number of rotatable bonds is 0. The standard InChI is InChI=1S/C8H13N2O3/c1-7(2)5(11)9-6(12)8(3,4)10(7)13/h1-4H3,(H,9,11,12). The van der Waals surface area contributed by atoms with Crippen LogP contribution in [0.2, 0.25) is 0 Å². The maximum absolute atomic E-state index is 11.6. The van der Waals surface area contributed by atoms with Crippen LogP contribution in [0.5, 0.6) is 0 Å². The number of carbonyl (C=O) groups excluding carboxylic acids is 2. The van der Waals surface area contributed by atoms with Crippen molar-refractivity contribution in [2.24, 2.45) is 0 Å². The lowest BCUT2D eigenvalue weighted by atomic mass is 9.91. The summed E-state index contributed by atoms with van der Waals surface area (Å²) >= 11 is 0. The Labute approximate surface area is 76.7 Å². The van der Waals surface area contributed by atoms with Crippen molar-refractivity contribution < 1.29 is 14.8 Å². The Kier molecular flexibility index (Phi) is 1.97. The van der Waals surface area contributed by atoms with Crippen LogP contribution in [-0.2, 0) is 14.8 Å². The van der Waals surface area contributed by atoms with Crippen molar-refractivity contribution >= 4 is 11.8 Å². The highest BCUT2D eigenvalue weighted by molar-refractivity contribution is 6.05. The van der Waals surface area contributed by atoms with Gasteiger partial charge in [-0.15, -0.1) is 10.3 Å². The first-order valence-electron chi connectivity index (χ1n) is 4.04. The number of hydrogen-bond acceptors (Lipinski definition) is 3. The van der Waals surface area contributed by atoms with Crippen LogP contribution in [0.15, 0.2) is 0 Å². The summed E-state index contributed by atoms with van der Waals surface area (Å²) in [5, 5.41) is 14.3. The van der Waals surface area contributed by atoms with Gasteiger partial charge in [-0.1, -0.05) is 0 Å². The fourth-order valence-corrected chi connectivity index (χ4v) is 1.29. The molecule has 13 heavy (non-hydrogen) atoms. The van der Waals surface area contributed by atoms with Gasteiger partial charge in [0.25, 0.3) is 0 Å². The Morgan fingerprint density at radius 3 is 1.62 bits per heavy atom. The van der Waals surface area contributed by atoms with E-state index < -0.39 is 22.9 Å². The molecule has 2 amide bonds. The van der Waals surface area contributed by atoms with Crippen molar-refractivity contribution in [2.45, 2.75) is 38.8 Å². The van der Waals surface area contributed by atoms with Crippen LogP contribution < -0.4 is 5.32 Å². The zero-order valence-electron chi connectivity index (χ0n) is 8.17. The summed E-state index contributed by atoms with van der Waals surface area (Å²) in [4.78, 5) is 22.5. The van der Waals surface area contributed by atoms with Gasteiger partial charge in [0, 0.05) is 0 Å². The summed E-state index contributed by atoms with van der Waals surface area (Å²) in [5.74, 6) is -1.10. The van der Waals surface area contributed by atoms with Gasteiger partial charge < -0.3 is 0 Å². The van der Waals surface area contributed by atoms with Gasteiger partial charge in [0.05, 0.1) is 0 Å². The summed E-state index contributed by atoms with van der Waals surface area (Å²) in [6, 6.07) is 0. The van der Waals surface area contributed by atoms with Crippen LogP contribution in [0.4, 0.5) is 0 Å². The Hall–Kier alpha value is -0.940. The van der Waals surface area contributed by atoms with Crippen molar-refractivity contribution in [1.29, 1.82) is 0 Å². The number of piperazine rings is 1. The third-order valence-corrected chi connectivity index (χ3v) is 2.35. The maximum atomic E-state index is 11.6. The van der Waals surface area contributed by atoms with E-state index in [1.165, 1.54) is 27.7 Å². The van der Waals surface area contributed by atoms with E-state index in [0.29, 0.717) is 5.06 Å². The van der Waals surface area contributed by atoms with Gasteiger partial charge in [-0.05, 0) is 27.7 Å². The molecule has 5 heteroatoms. The number of carbonyl (C=O) groups is 2. The van der Waals surface area contributed by atoms with E-state index in [4.69, 9.17) is 0 Å². The third kappa shape index (κ3) is 1.24. The van der Waals surface area contributed by atoms with Crippen molar-refractivity contribution in [3.63, 3.8) is 0 Å². The summed E-state index contributed by atoms with van der Waals surface area (Å²) < 4.78 is 0. The molecule has 1 rings (SSSR count). The van der Waals surface area contributed by atoms with E-state index in [-0.39, 0.29) is 0 Å². The predicted octanol–water partition coefficient (Wildman–Crippen LogP) is -0.153. The van der Waals surface area contributed by atoms with Crippen LogP contribution in [0, 0.1) is 0 Å². The Balaban J connectivity index is 3.11. The summed E-state index contributed by atoms with van der Waals surface area (Å²) in [6.07, 6.45) is 0. The van der Waals surface area contributed by atoms with Crippen molar-refractivity contribution in [2.75, 3.05) is 0 Å². The molecule has 1 saturated heterocycles. The topological polar surface area (TPSA) is 69.3 Å². The van der Waals surface area contributed by atoms with Crippen molar-refractivity contribution in [1.82, 2.24) is 10.4 Å². The van der Waals surface area contributed by atoms with Crippen LogP contribution >= 0.6 is 0 Å². The molecule has 1 N–H and O–H groups in total. The molecule has 1 fully saturated rings. The van der Waals surface area contributed by atoms with Gasteiger partial charge in [0.1, 0.15) is 11.1 Å². The fourth-order valence-electron chi connectivity index (χ4n) is 1.29. The second kappa shape index (κ2) is 2.52. The molecular formula is C8H13N2O3. The largest absolute Gasteiger partial charge is 0.293 e. The van der Waals surface area contributed by atoms with Gasteiger partial charge in [0.2, 0.25) is 11.8 Å². The minimum absolute atomic E-state index is 0.543. The highest BCUT2D eigenvalue weighted by Crippen LogP contribution is 2.27. The Morgan fingerprint density at radius 1 is 1.00 bits per heavy atom. The minimum atomic E-state index is -1.18. The molecule has 0 aromatic heterocycles. The van der Waals surface area contributed by atoms with E-state index in [0.717, 1.165) is 0 Å². The molecule has 0 aromatic rings. The molecule has 1 aliphatic rings. The second-order valence-electron chi connectivity index (χ2n) is 4.20. The molecule has 0 atom stereocenters. The Bertz CT molecular complexity index is 245. The van der Waals surface area contributed by atoms with E-state index in [2.05, 4.69) is 5.32 Å². The SMILES string of the molecule is CC1(C)C(=O)NC(=O)C(C)(C)N1[O]. The Morgan fingerprint density at radius 2 is 1.31 bits per heavy atom. The van der Waals surface area contributed by atoms with E-state index in [1.807, 2.05) is 0 Å². The molecule has 0 saturated carbocycles. The van der Waals surface area contributed by atoms with Gasteiger partial charge >= 0.3 is 0 Å². The highest BCUT2D eigenvalue weighted by atomic mass is 16.5. The van der Waals surface area contributed by atoms with E-state index in [1.54, 1.807) is 0 Å². The summed E-state index contributed by atoms with van der Waals surface area (Å²) in [5.41, 5.74) is -2.37. The van der Waals surface area contributed by atoms with Gasteiger partial charge in [-0.3, -0.25) is 14.9 Å². The van der Waals surface area contributed by atoms with Gasteiger partial charge in [-0.2, -0.15) is 0 Å². The maximum Gasteiger partial charge on any atom is 0.249 e. The quantitative estimate of drug-likeness (QED) is 0.533. The molecule has 73 valence electrons. The average molecular weight is 185 g/mol. The highest BCUT2D eigenvalue weighted by Gasteiger charge is 2.52. The average Bonchev–Trinajstić information content (AvgIpc) is 2.00. The van der Waals surface area contributed by atoms with Gasteiger partial charge in [-0.25, -0.2) is 0 Å². The first kappa shape index (κ1) is 10.1. The molecule has 5 nitrogen and oxygen atoms in total. The molecule has 0 bridgehead atoms. The molecule has 0 aromatic carbocycles. The normalized spacial score (nSPS) is 27.2. The van der Waals surface area contributed by atoms with Crippen LogP contribution in [-0.4, -0.2) is 28.0 Å².